The number of hydrogen-bond acceptors (Lipinski definition) is 3. The fourth-order valence-electron chi connectivity index (χ4n) is 3.33. The molecule has 6 heteroatoms. The van der Waals surface area contributed by atoms with Crippen LogP contribution < -0.4 is 5.32 Å². The summed E-state index contributed by atoms with van der Waals surface area (Å²) in [5, 5.41) is 12.3. The SMILES string of the molecule is CN(CC1CCCOC1)C(=O)NC1CCCC1(C)C(=O)O. The lowest BCUT2D eigenvalue weighted by molar-refractivity contribution is -0.148. The quantitative estimate of drug-likeness (QED) is 0.828. The number of amides is 2. The van der Waals surface area contributed by atoms with Crippen LogP contribution >= 0.6 is 0 Å². The van der Waals surface area contributed by atoms with E-state index in [-0.39, 0.29) is 12.1 Å². The molecule has 120 valence electrons. The van der Waals surface area contributed by atoms with E-state index in [4.69, 9.17) is 4.74 Å². The van der Waals surface area contributed by atoms with Gasteiger partial charge in [0.05, 0.1) is 12.0 Å². The molecule has 0 aromatic rings. The fraction of sp³-hybridized carbons (Fsp3) is 0.867. The second-order valence-corrected chi connectivity index (χ2v) is 6.58. The highest BCUT2D eigenvalue weighted by Crippen LogP contribution is 2.38. The van der Waals surface area contributed by atoms with Gasteiger partial charge < -0.3 is 20.1 Å². The molecule has 2 N–H and O–H groups in total. The van der Waals surface area contributed by atoms with Gasteiger partial charge in [-0.1, -0.05) is 6.42 Å². The zero-order chi connectivity index (χ0) is 15.5. The van der Waals surface area contributed by atoms with Crippen molar-refractivity contribution >= 4 is 12.0 Å². The normalized spacial score (nSPS) is 32.7. The van der Waals surface area contributed by atoms with Crippen LogP contribution in [0.2, 0.25) is 0 Å². The first-order valence-electron chi connectivity index (χ1n) is 7.76. The lowest BCUT2D eigenvalue weighted by atomic mass is 9.85. The standard InChI is InChI=1S/C15H26N2O4/c1-15(13(18)19)7-3-6-12(15)16-14(20)17(2)9-11-5-4-8-21-10-11/h11-12H,3-10H2,1-2H3,(H,16,20)(H,18,19). The van der Waals surface area contributed by atoms with Gasteiger partial charge in [-0.05, 0) is 32.6 Å². The Balaban J connectivity index is 1.86. The van der Waals surface area contributed by atoms with Crippen LogP contribution in [-0.2, 0) is 9.53 Å². The highest BCUT2D eigenvalue weighted by Gasteiger charge is 2.46. The summed E-state index contributed by atoms with van der Waals surface area (Å²) in [4.78, 5) is 25.3. The van der Waals surface area contributed by atoms with Crippen molar-refractivity contribution in [3.63, 3.8) is 0 Å². The number of ether oxygens (including phenoxy) is 1. The van der Waals surface area contributed by atoms with Crippen molar-refractivity contribution in [1.29, 1.82) is 0 Å². The van der Waals surface area contributed by atoms with E-state index >= 15 is 0 Å². The van der Waals surface area contributed by atoms with E-state index in [0.717, 1.165) is 32.3 Å². The Bertz CT molecular complexity index is 395. The predicted octanol–water partition coefficient (Wildman–Crippen LogP) is 1.70. The summed E-state index contributed by atoms with van der Waals surface area (Å²) in [6.07, 6.45) is 4.31. The van der Waals surface area contributed by atoms with Crippen molar-refractivity contribution in [2.24, 2.45) is 11.3 Å². The van der Waals surface area contributed by atoms with Gasteiger partial charge in [0.25, 0.3) is 0 Å². The molecule has 0 bridgehead atoms. The van der Waals surface area contributed by atoms with Gasteiger partial charge >= 0.3 is 12.0 Å². The number of aliphatic carboxylic acids is 1. The Kier molecular flexibility index (Phi) is 5.08. The van der Waals surface area contributed by atoms with E-state index in [9.17, 15) is 14.7 Å². The lowest BCUT2D eigenvalue weighted by Gasteiger charge is -2.31. The minimum Gasteiger partial charge on any atom is -0.481 e. The first-order chi connectivity index (χ1) is 9.93. The Morgan fingerprint density at radius 3 is 2.76 bits per heavy atom. The fourth-order valence-corrected chi connectivity index (χ4v) is 3.33. The van der Waals surface area contributed by atoms with Crippen LogP contribution in [0.4, 0.5) is 4.79 Å². The number of carbonyl (C=O) groups excluding carboxylic acids is 1. The molecular formula is C15H26N2O4. The number of hydrogen-bond donors (Lipinski definition) is 2. The molecule has 21 heavy (non-hydrogen) atoms. The third-order valence-corrected chi connectivity index (χ3v) is 4.88. The zero-order valence-corrected chi connectivity index (χ0v) is 12.9. The van der Waals surface area contributed by atoms with E-state index in [1.54, 1.807) is 18.9 Å². The molecule has 2 rings (SSSR count). The maximum absolute atomic E-state index is 12.3. The summed E-state index contributed by atoms with van der Waals surface area (Å²) in [5.41, 5.74) is -0.843. The first-order valence-corrected chi connectivity index (χ1v) is 7.76. The molecule has 3 unspecified atom stereocenters. The van der Waals surface area contributed by atoms with Crippen molar-refractivity contribution in [1.82, 2.24) is 10.2 Å². The number of carboxylic acid groups (broad SMARTS) is 1. The Morgan fingerprint density at radius 1 is 1.38 bits per heavy atom. The number of carboxylic acids is 1. The average Bonchev–Trinajstić information content (AvgIpc) is 2.82. The van der Waals surface area contributed by atoms with Crippen LogP contribution in [0.25, 0.3) is 0 Å². The van der Waals surface area contributed by atoms with E-state index in [0.29, 0.717) is 25.5 Å². The zero-order valence-electron chi connectivity index (χ0n) is 12.9. The summed E-state index contributed by atoms with van der Waals surface area (Å²) in [6.45, 7) is 3.89. The van der Waals surface area contributed by atoms with Crippen LogP contribution in [0.15, 0.2) is 0 Å². The van der Waals surface area contributed by atoms with Crippen LogP contribution in [0.3, 0.4) is 0 Å². The van der Waals surface area contributed by atoms with Gasteiger partial charge in [0.2, 0.25) is 0 Å². The average molecular weight is 298 g/mol. The molecule has 6 nitrogen and oxygen atoms in total. The van der Waals surface area contributed by atoms with Crippen molar-refractivity contribution < 1.29 is 19.4 Å². The second-order valence-electron chi connectivity index (χ2n) is 6.58. The molecular weight excluding hydrogens is 272 g/mol. The minimum absolute atomic E-state index is 0.181. The van der Waals surface area contributed by atoms with Gasteiger partial charge in [-0.3, -0.25) is 4.79 Å². The smallest absolute Gasteiger partial charge is 0.317 e. The highest BCUT2D eigenvalue weighted by molar-refractivity contribution is 5.79. The van der Waals surface area contributed by atoms with Gasteiger partial charge in [-0.25, -0.2) is 4.79 Å². The molecule has 0 aromatic carbocycles. The predicted molar refractivity (Wildman–Crippen MR) is 78.1 cm³/mol. The van der Waals surface area contributed by atoms with Gasteiger partial charge in [-0.15, -0.1) is 0 Å². The Labute approximate surface area is 125 Å². The summed E-state index contributed by atoms with van der Waals surface area (Å²) in [7, 11) is 1.76. The Hall–Kier alpha value is -1.30. The monoisotopic (exact) mass is 298 g/mol. The number of nitrogens with zero attached hydrogens (tertiary/aromatic N) is 1. The third kappa shape index (κ3) is 3.67. The summed E-state index contributed by atoms with van der Waals surface area (Å²) < 4.78 is 5.42. The van der Waals surface area contributed by atoms with Crippen LogP contribution in [0, 0.1) is 11.3 Å². The van der Waals surface area contributed by atoms with Crippen molar-refractivity contribution in [3.8, 4) is 0 Å². The van der Waals surface area contributed by atoms with Crippen LogP contribution in [0.5, 0.6) is 0 Å². The maximum Gasteiger partial charge on any atom is 0.317 e. The summed E-state index contributed by atoms with van der Waals surface area (Å²) >= 11 is 0. The molecule has 3 atom stereocenters. The molecule has 1 aliphatic heterocycles. The molecule has 0 spiro atoms. The van der Waals surface area contributed by atoms with Gasteiger partial charge in [0.15, 0.2) is 0 Å². The first kappa shape index (κ1) is 16.1. The largest absolute Gasteiger partial charge is 0.481 e. The minimum atomic E-state index is -0.843. The van der Waals surface area contributed by atoms with E-state index in [2.05, 4.69) is 5.32 Å². The van der Waals surface area contributed by atoms with Crippen molar-refractivity contribution in [2.45, 2.75) is 45.1 Å². The van der Waals surface area contributed by atoms with Crippen molar-refractivity contribution in [3.05, 3.63) is 0 Å². The number of rotatable bonds is 4. The van der Waals surface area contributed by atoms with Gasteiger partial charge in [-0.2, -0.15) is 0 Å². The molecule has 1 aliphatic carbocycles. The number of carbonyl (C=O) groups is 2. The summed E-state index contributed by atoms with van der Waals surface area (Å²) in [6, 6.07) is -0.465. The van der Waals surface area contributed by atoms with Crippen LogP contribution in [-0.4, -0.2) is 54.9 Å². The molecule has 1 saturated carbocycles. The number of nitrogens with one attached hydrogen (secondary N) is 1. The van der Waals surface area contributed by atoms with E-state index in [1.807, 2.05) is 0 Å². The lowest BCUT2D eigenvalue weighted by Crippen LogP contribution is -2.51. The molecule has 1 saturated heterocycles. The molecule has 0 radical (unpaired) electrons. The maximum atomic E-state index is 12.3. The second kappa shape index (κ2) is 6.64. The molecule has 0 aromatic heterocycles. The highest BCUT2D eigenvalue weighted by atomic mass is 16.5. The topological polar surface area (TPSA) is 78.9 Å². The Morgan fingerprint density at radius 2 is 2.14 bits per heavy atom. The third-order valence-electron chi connectivity index (χ3n) is 4.88. The molecule has 2 aliphatic rings. The van der Waals surface area contributed by atoms with Gasteiger partial charge in [0.1, 0.15) is 0 Å². The van der Waals surface area contributed by atoms with Gasteiger partial charge in [0, 0.05) is 32.2 Å². The summed E-state index contributed by atoms with van der Waals surface area (Å²) in [5.74, 6) is -0.447. The van der Waals surface area contributed by atoms with Crippen LogP contribution in [0.1, 0.15) is 39.0 Å². The van der Waals surface area contributed by atoms with E-state index < -0.39 is 11.4 Å². The van der Waals surface area contributed by atoms with Crippen molar-refractivity contribution in [2.75, 3.05) is 26.8 Å². The molecule has 2 fully saturated rings. The van der Waals surface area contributed by atoms with E-state index in [1.165, 1.54) is 0 Å². The molecule has 2 amide bonds. The number of urea groups is 1. The molecule has 1 heterocycles.